The maximum absolute atomic E-state index is 5.63. The van der Waals surface area contributed by atoms with Crippen LogP contribution >= 0.6 is 0 Å². The fraction of sp³-hybridized carbons (Fsp3) is 0.294. The van der Waals surface area contributed by atoms with Crippen LogP contribution < -0.4 is 10.6 Å². The molecule has 0 bridgehead atoms. The Labute approximate surface area is 139 Å². The molecule has 0 radical (unpaired) electrons. The van der Waals surface area contributed by atoms with Crippen molar-refractivity contribution in [2.24, 2.45) is 0 Å². The molecule has 1 aromatic carbocycles. The number of ether oxygens (including phenoxy) is 1. The van der Waals surface area contributed by atoms with Crippen molar-refractivity contribution in [2.75, 3.05) is 23.8 Å². The first-order chi connectivity index (χ1) is 11.9. The lowest BCUT2D eigenvalue weighted by Crippen LogP contribution is -2.20. The SMILES string of the molecule is c1ccc(Nc2nc(NC[C@H]3CCCO3)nc3nccnc23)cc1. The van der Waals surface area contributed by atoms with Gasteiger partial charge in [0.15, 0.2) is 17.0 Å². The minimum absolute atomic E-state index is 0.219. The molecule has 1 atom stereocenters. The quantitative estimate of drug-likeness (QED) is 0.747. The van der Waals surface area contributed by atoms with E-state index in [4.69, 9.17) is 4.74 Å². The molecule has 1 fully saturated rings. The molecule has 0 aliphatic carbocycles. The predicted octanol–water partition coefficient (Wildman–Crippen LogP) is 2.75. The van der Waals surface area contributed by atoms with E-state index in [0.29, 0.717) is 29.5 Å². The lowest BCUT2D eigenvalue weighted by molar-refractivity contribution is 0.120. The Hall–Kier alpha value is -2.80. The lowest BCUT2D eigenvalue weighted by Gasteiger charge is -2.13. The van der Waals surface area contributed by atoms with Crippen LogP contribution in [0.25, 0.3) is 11.2 Å². The summed E-state index contributed by atoms with van der Waals surface area (Å²) in [5, 5.41) is 6.54. The number of benzene rings is 1. The van der Waals surface area contributed by atoms with Gasteiger partial charge in [-0.25, -0.2) is 9.97 Å². The van der Waals surface area contributed by atoms with Crippen molar-refractivity contribution in [2.45, 2.75) is 18.9 Å². The lowest BCUT2D eigenvalue weighted by atomic mass is 10.2. The summed E-state index contributed by atoms with van der Waals surface area (Å²) < 4.78 is 5.63. The molecule has 0 spiro atoms. The molecule has 2 aromatic heterocycles. The fourth-order valence-corrected chi connectivity index (χ4v) is 2.70. The van der Waals surface area contributed by atoms with E-state index in [1.54, 1.807) is 12.4 Å². The zero-order chi connectivity index (χ0) is 16.2. The minimum atomic E-state index is 0.219. The topological polar surface area (TPSA) is 84.9 Å². The van der Waals surface area contributed by atoms with Crippen LogP contribution in [0.1, 0.15) is 12.8 Å². The van der Waals surface area contributed by atoms with Gasteiger partial charge in [0.05, 0.1) is 6.10 Å². The first kappa shape index (κ1) is 14.8. The highest BCUT2D eigenvalue weighted by molar-refractivity contribution is 5.85. The fourth-order valence-electron chi connectivity index (χ4n) is 2.70. The van der Waals surface area contributed by atoms with Gasteiger partial charge in [0.2, 0.25) is 5.95 Å². The third kappa shape index (κ3) is 3.26. The molecule has 3 heterocycles. The van der Waals surface area contributed by atoms with Crippen molar-refractivity contribution in [3.63, 3.8) is 0 Å². The van der Waals surface area contributed by atoms with Gasteiger partial charge >= 0.3 is 0 Å². The normalized spacial score (nSPS) is 17.1. The number of fused-ring (bicyclic) bond motifs is 1. The Morgan fingerprint density at radius 2 is 1.96 bits per heavy atom. The van der Waals surface area contributed by atoms with Crippen molar-refractivity contribution < 1.29 is 4.74 Å². The number of para-hydroxylation sites is 1. The zero-order valence-corrected chi connectivity index (χ0v) is 13.1. The molecule has 0 amide bonds. The van der Waals surface area contributed by atoms with Crippen molar-refractivity contribution in [3.05, 3.63) is 42.7 Å². The Kier molecular flexibility index (Phi) is 4.16. The van der Waals surface area contributed by atoms with Crippen LogP contribution in [0.15, 0.2) is 42.7 Å². The monoisotopic (exact) mass is 322 g/mol. The largest absolute Gasteiger partial charge is 0.376 e. The molecule has 7 nitrogen and oxygen atoms in total. The molecule has 0 unspecified atom stereocenters. The van der Waals surface area contributed by atoms with Gasteiger partial charge in [0, 0.05) is 31.2 Å². The van der Waals surface area contributed by atoms with E-state index in [1.165, 1.54) is 0 Å². The van der Waals surface area contributed by atoms with E-state index in [-0.39, 0.29) is 6.10 Å². The number of nitrogens with zero attached hydrogens (tertiary/aromatic N) is 4. The van der Waals surface area contributed by atoms with Crippen LogP contribution in [-0.2, 0) is 4.74 Å². The summed E-state index contributed by atoms with van der Waals surface area (Å²) in [5.41, 5.74) is 2.14. The summed E-state index contributed by atoms with van der Waals surface area (Å²) in [7, 11) is 0. The molecular formula is C17H18N6O. The van der Waals surface area contributed by atoms with Crippen molar-refractivity contribution in [3.8, 4) is 0 Å². The number of hydrogen-bond donors (Lipinski definition) is 2. The smallest absolute Gasteiger partial charge is 0.226 e. The van der Waals surface area contributed by atoms with Gasteiger partial charge in [-0.15, -0.1) is 0 Å². The first-order valence-electron chi connectivity index (χ1n) is 8.05. The van der Waals surface area contributed by atoms with Gasteiger partial charge in [-0.2, -0.15) is 9.97 Å². The average Bonchev–Trinajstić information content (AvgIpc) is 3.14. The number of rotatable bonds is 5. The van der Waals surface area contributed by atoms with E-state index in [2.05, 4.69) is 30.6 Å². The summed E-state index contributed by atoms with van der Waals surface area (Å²) in [4.78, 5) is 17.7. The van der Waals surface area contributed by atoms with Gasteiger partial charge in [-0.1, -0.05) is 18.2 Å². The second kappa shape index (κ2) is 6.76. The van der Waals surface area contributed by atoms with Crippen LogP contribution in [0, 0.1) is 0 Å². The molecule has 1 saturated heterocycles. The maximum Gasteiger partial charge on any atom is 0.226 e. The van der Waals surface area contributed by atoms with Crippen molar-refractivity contribution in [1.82, 2.24) is 19.9 Å². The zero-order valence-electron chi connectivity index (χ0n) is 13.1. The highest BCUT2D eigenvalue weighted by Crippen LogP contribution is 2.22. The third-order valence-electron chi connectivity index (χ3n) is 3.88. The van der Waals surface area contributed by atoms with Crippen LogP contribution in [-0.4, -0.2) is 39.2 Å². The first-order valence-corrected chi connectivity index (χ1v) is 8.05. The number of anilines is 3. The van der Waals surface area contributed by atoms with Gasteiger partial charge in [-0.3, -0.25) is 0 Å². The molecule has 0 saturated carbocycles. The Morgan fingerprint density at radius 3 is 2.79 bits per heavy atom. The third-order valence-corrected chi connectivity index (χ3v) is 3.88. The van der Waals surface area contributed by atoms with Crippen LogP contribution in [0.3, 0.4) is 0 Å². The molecule has 4 rings (SSSR count). The molecule has 122 valence electrons. The Morgan fingerprint density at radius 1 is 1.08 bits per heavy atom. The second-order valence-corrected chi connectivity index (χ2v) is 5.63. The molecular weight excluding hydrogens is 304 g/mol. The van der Waals surface area contributed by atoms with Crippen LogP contribution in [0.5, 0.6) is 0 Å². The predicted molar refractivity (Wildman–Crippen MR) is 92.3 cm³/mol. The molecule has 2 N–H and O–H groups in total. The summed E-state index contributed by atoms with van der Waals surface area (Å²) in [6.07, 6.45) is 5.66. The molecule has 7 heteroatoms. The maximum atomic E-state index is 5.63. The van der Waals surface area contributed by atoms with Gasteiger partial charge in [0.1, 0.15) is 0 Å². The van der Waals surface area contributed by atoms with Crippen molar-refractivity contribution >= 4 is 28.6 Å². The average molecular weight is 322 g/mol. The van der Waals surface area contributed by atoms with Gasteiger partial charge in [-0.05, 0) is 25.0 Å². The number of aromatic nitrogens is 4. The van der Waals surface area contributed by atoms with E-state index in [0.717, 1.165) is 25.1 Å². The Balaban J connectivity index is 1.62. The van der Waals surface area contributed by atoms with Crippen LogP contribution in [0.2, 0.25) is 0 Å². The van der Waals surface area contributed by atoms with E-state index < -0.39 is 0 Å². The highest BCUT2D eigenvalue weighted by Gasteiger charge is 2.16. The summed E-state index contributed by atoms with van der Waals surface area (Å²) in [5.74, 6) is 1.16. The number of nitrogens with one attached hydrogen (secondary N) is 2. The van der Waals surface area contributed by atoms with E-state index in [1.807, 2.05) is 30.3 Å². The van der Waals surface area contributed by atoms with Gasteiger partial charge < -0.3 is 15.4 Å². The second-order valence-electron chi connectivity index (χ2n) is 5.63. The van der Waals surface area contributed by atoms with E-state index in [9.17, 15) is 0 Å². The minimum Gasteiger partial charge on any atom is -0.376 e. The molecule has 3 aromatic rings. The Bertz CT molecular complexity index is 820. The number of hydrogen-bond acceptors (Lipinski definition) is 7. The van der Waals surface area contributed by atoms with Gasteiger partial charge in [0.25, 0.3) is 0 Å². The summed E-state index contributed by atoms with van der Waals surface area (Å²) in [6, 6.07) is 9.85. The summed E-state index contributed by atoms with van der Waals surface area (Å²) in [6.45, 7) is 1.52. The molecule has 1 aliphatic rings. The standard InChI is InChI=1S/C17H18N6O/c1-2-5-12(6-3-1)21-16-14-15(19-9-8-18-14)22-17(23-16)20-11-13-7-4-10-24-13/h1-3,5-6,8-9,13H,4,7,10-11H2,(H2,19,20,21,22,23)/t13-/m1/s1. The molecule has 24 heavy (non-hydrogen) atoms. The van der Waals surface area contributed by atoms with Crippen molar-refractivity contribution in [1.29, 1.82) is 0 Å². The van der Waals surface area contributed by atoms with Crippen LogP contribution in [0.4, 0.5) is 17.5 Å². The summed E-state index contributed by atoms with van der Waals surface area (Å²) >= 11 is 0. The van der Waals surface area contributed by atoms with E-state index >= 15 is 0 Å². The highest BCUT2D eigenvalue weighted by atomic mass is 16.5. The molecule has 1 aliphatic heterocycles.